The summed E-state index contributed by atoms with van der Waals surface area (Å²) in [6, 6.07) is 25.0. The molecule has 3 aromatic heterocycles. The zero-order chi connectivity index (χ0) is 37.0. The summed E-state index contributed by atoms with van der Waals surface area (Å²) in [5.74, 6) is 2.21. The van der Waals surface area contributed by atoms with Crippen molar-refractivity contribution in [3.05, 3.63) is 120 Å². The van der Waals surface area contributed by atoms with Crippen LogP contribution in [0.1, 0.15) is 67.8 Å². The van der Waals surface area contributed by atoms with E-state index < -0.39 is 0 Å². The number of benzene rings is 3. The van der Waals surface area contributed by atoms with Gasteiger partial charge in [0.25, 0.3) is 5.91 Å². The molecule has 0 unspecified atom stereocenters. The van der Waals surface area contributed by atoms with Gasteiger partial charge in [-0.1, -0.05) is 64.1 Å². The number of amides is 3. The molecule has 12 heteroatoms. The zero-order valence-corrected chi connectivity index (χ0v) is 30.4. The summed E-state index contributed by atoms with van der Waals surface area (Å²) in [4.78, 5) is 41.0. The molecule has 0 aliphatic carbocycles. The third-order valence-corrected chi connectivity index (χ3v) is 9.18. The predicted molar refractivity (Wildman–Crippen MR) is 207 cm³/mol. The minimum absolute atomic E-state index is 0.0921. The summed E-state index contributed by atoms with van der Waals surface area (Å²) < 4.78 is 8.08. The van der Waals surface area contributed by atoms with Crippen molar-refractivity contribution >= 4 is 45.9 Å². The first-order valence-electron chi connectivity index (χ1n) is 17.9. The number of rotatable bonds is 10. The number of likely N-dealkylation sites (tertiary alicyclic amines) is 1. The molecule has 7 rings (SSSR count). The Balaban J connectivity index is 1.03. The monoisotopic (exact) mass is 709 g/mol. The molecule has 3 N–H and O–H groups in total. The summed E-state index contributed by atoms with van der Waals surface area (Å²) in [5, 5.41) is 15.8. The SMILES string of the molecule is CCc1ccc(-n2nc(C(C)(C)C)cc2NC(=O)Nc2ccc(OCc3ccnc(Nc4cnc(C(=O)N5CCCC5)cn4)c3)c3ccccc23)cc1. The highest BCUT2D eigenvalue weighted by Gasteiger charge is 2.23. The first kappa shape index (κ1) is 35.1. The molecule has 6 aromatic rings. The third-order valence-electron chi connectivity index (χ3n) is 9.18. The summed E-state index contributed by atoms with van der Waals surface area (Å²) in [5.41, 5.74) is 4.61. The van der Waals surface area contributed by atoms with Crippen molar-refractivity contribution in [3.8, 4) is 11.4 Å². The largest absolute Gasteiger partial charge is 0.488 e. The van der Waals surface area contributed by atoms with Gasteiger partial charge in [-0.05, 0) is 66.8 Å². The van der Waals surface area contributed by atoms with Crippen molar-refractivity contribution in [2.45, 2.75) is 59.0 Å². The maximum atomic E-state index is 13.5. The van der Waals surface area contributed by atoms with E-state index in [4.69, 9.17) is 9.84 Å². The Morgan fingerprint density at radius 1 is 0.811 bits per heavy atom. The molecule has 1 aliphatic rings. The quantitative estimate of drug-likeness (QED) is 0.129. The topological polar surface area (TPSA) is 139 Å². The Morgan fingerprint density at radius 2 is 1.58 bits per heavy atom. The van der Waals surface area contributed by atoms with Crippen LogP contribution in [-0.2, 0) is 18.4 Å². The molecule has 1 saturated heterocycles. The van der Waals surface area contributed by atoms with Crippen LogP contribution in [0.4, 0.5) is 27.9 Å². The van der Waals surface area contributed by atoms with Gasteiger partial charge in [0.15, 0.2) is 0 Å². The molecular weight excluding hydrogens is 667 g/mol. The number of fused-ring (bicyclic) bond motifs is 1. The number of pyridine rings is 1. The number of ether oxygens (including phenoxy) is 1. The number of hydrogen-bond donors (Lipinski definition) is 3. The van der Waals surface area contributed by atoms with Crippen molar-refractivity contribution < 1.29 is 14.3 Å². The van der Waals surface area contributed by atoms with Gasteiger partial charge in [-0.15, -0.1) is 0 Å². The van der Waals surface area contributed by atoms with E-state index in [0.717, 1.165) is 60.1 Å². The van der Waals surface area contributed by atoms with Gasteiger partial charge in [-0.2, -0.15) is 5.10 Å². The van der Waals surface area contributed by atoms with Crippen LogP contribution in [0.25, 0.3) is 16.5 Å². The highest BCUT2D eigenvalue weighted by molar-refractivity contribution is 6.07. The second kappa shape index (κ2) is 15.1. The highest BCUT2D eigenvalue weighted by atomic mass is 16.5. The number of aryl methyl sites for hydroxylation is 1. The lowest BCUT2D eigenvalue weighted by Gasteiger charge is -2.15. The van der Waals surface area contributed by atoms with Gasteiger partial charge in [0, 0.05) is 41.5 Å². The summed E-state index contributed by atoms with van der Waals surface area (Å²) in [7, 11) is 0. The van der Waals surface area contributed by atoms with Gasteiger partial charge < -0.3 is 20.3 Å². The Hall–Kier alpha value is -6.30. The van der Waals surface area contributed by atoms with Gasteiger partial charge in [0.1, 0.15) is 35.5 Å². The molecule has 0 radical (unpaired) electrons. The lowest BCUT2D eigenvalue weighted by Crippen LogP contribution is -2.28. The summed E-state index contributed by atoms with van der Waals surface area (Å²) >= 11 is 0. The van der Waals surface area contributed by atoms with Crippen molar-refractivity contribution in [2.24, 2.45) is 0 Å². The average Bonchev–Trinajstić information content (AvgIpc) is 3.86. The molecule has 12 nitrogen and oxygen atoms in total. The van der Waals surface area contributed by atoms with Crippen LogP contribution >= 0.6 is 0 Å². The number of aromatic nitrogens is 5. The Morgan fingerprint density at radius 3 is 2.30 bits per heavy atom. The molecule has 3 amide bonds. The normalized spacial score (nSPS) is 12.9. The van der Waals surface area contributed by atoms with Crippen LogP contribution in [-0.4, -0.2) is 54.7 Å². The number of hydrogen-bond acceptors (Lipinski definition) is 8. The van der Waals surface area contributed by atoms with Gasteiger partial charge in [0.05, 0.1) is 29.5 Å². The van der Waals surface area contributed by atoms with E-state index in [0.29, 0.717) is 34.6 Å². The van der Waals surface area contributed by atoms with E-state index in [1.807, 2.05) is 66.7 Å². The number of nitrogens with zero attached hydrogens (tertiary/aromatic N) is 6. The van der Waals surface area contributed by atoms with Crippen LogP contribution in [0.5, 0.6) is 5.75 Å². The maximum absolute atomic E-state index is 13.5. The molecule has 0 spiro atoms. The van der Waals surface area contributed by atoms with Crippen molar-refractivity contribution in [2.75, 3.05) is 29.0 Å². The third kappa shape index (κ3) is 8.12. The second-order valence-electron chi connectivity index (χ2n) is 14.1. The van der Waals surface area contributed by atoms with Crippen molar-refractivity contribution in [1.29, 1.82) is 0 Å². The fraction of sp³-hybridized carbons (Fsp3) is 0.268. The smallest absolute Gasteiger partial charge is 0.324 e. The molecule has 1 aliphatic heterocycles. The molecule has 0 bridgehead atoms. The molecular formula is C41H43N9O3. The summed E-state index contributed by atoms with van der Waals surface area (Å²) in [6.45, 7) is 10.2. The van der Waals surface area contributed by atoms with Crippen LogP contribution in [0, 0.1) is 0 Å². The van der Waals surface area contributed by atoms with E-state index in [2.05, 4.69) is 70.7 Å². The number of nitrogens with one attached hydrogen (secondary N) is 3. The highest BCUT2D eigenvalue weighted by Crippen LogP contribution is 2.33. The fourth-order valence-corrected chi connectivity index (χ4v) is 6.19. The first-order chi connectivity index (χ1) is 25.6. The first-order valence-corrected chi connectivity index (χ1v) is 17.9. The minimum Gasteiger partial charge on any atom is -0.488 e. The van der Waals surface area contributed by atoms with Crippen LogP contribution < -0.4 is 20.7 Å². The van der Waals surface area contributed by atoms with Crippen LogP contribution in [0.15, 0.2) is 97.5 Å². The fourth-order valence-electron chi connectivity index (χ4n) is 6.19. The zero-order valence-electron chi connectivity index (χ0n) is 30.4. The number of urea groups is 1. The van der Waals surface area contributed by atoms with Gasteiger partial charge in [0.2, 0.25) is 0 Å². The Kier molecular flexibility index (Phi) is 10.0. The van der Waals surface area contributed by atoms with Crippen molar-refractivity contribution in [3.63, 3.8) is 0 Å². The molecule has 0 saturated carbocycles. The van der Waals surface area contributed by atoms with Crippen LogP contribution in [0.2, 0.25) is 0 Å². The molecule has 53 heavy (non-hydrogen) atoms. The number of anilines is 4. The van der Waals surface area contributed by atoms with Crippen LogP contribution in [0.3, 0.4) is 0 Å². The molecule has 4 heterocycles. The van der Waals surface area contributed by atoms with E-state index in [1.165, 1.54) is 11.8 Å². The van der Waals surface area contributed by atoms with E-state index in [1.54, 1.807) is 22.0 Å². The summed E-state index contributed by atoms with van der Waals surface area (Å²) in [6.07, 6.45) is 7.71. The van der Waals surface area contributed by atoms with Crippen molar-refractivity contribution in [1.82, 2.24) is 29.6 Å². The van der Waals surface area contributed by atoms with E-state index in [9.17, 15) is 9.59 Å². The van der Waals surface area contributed by atoms with Gasteiger partial charge >= 0.3 is 6.03 Å². The lowest BCUT2D eigenvalue weighted by atomic mass is 9.92. The standard InChI is InChI=1S/C41H43N9O3/c1-5-27-12-14-29(15-13-27)50-38(23-35(48-50)41(2,3)4)47-40(52)45-32-16-17-34(31-11-7-6-10-30(31)32)53-26-28-18-19-42-36(22-28)46-37-25-43-33(24-44-37)39(51)49-20-8-9-21-49/h6-7,10-19,22-25H,5,8-9,20-21,26H2,1-4H3,(H,42,44,46)(H2,45,47,52). The number of carbonyl (C=O) groups is 2. The minimum atomic E-state index is -0.384. The van der Waals surface area contributed by atoms with E-state index in [-0.39, 0.29) is 24.0 Å². The second-order valence-corrected chi connectivity index (χ2v) is 14.1. The predicted octanol–water partition coefficient (Wildman–Crippen LogP) is 8.27. The molecule has 3 aromatic carbocycles. The lowest BCUT2D eigenvalue weighted by molar-refractivity contribution is 0.0786. The Labute approximate surface area is 308 Å². The van der Waals surface area contributed by atoms with Gasteiger partial charge in [-0.25, -0.2) is 24.4 Å². The molecule has 270 valence electrons. The van der Waals surface area contributed by atoms with E-state index >= 15 is 0 Å². The average molecular weight is 710 g/mol. The van der Waals surface area contributed by atoms with Gasteiger partial charge in [-0.3, -0.25) is 10.1 Å². The number of carbonyl (C=O) groups excluding carboxylic acids is 2. The Bertz CT molecular complexity index is 2240. The molecule has 0 atom stereocenters. The molecule has 1 fully saturated rings. The maximum Gasteiger partial charge on any atom is 0.324 e.